The quantitative estimate of drug-likeness (QED) is 0.802. The molecule has 1 aliphatic heterocycles. The largest absolute Gasteiger partial charge is 0.416 e. The van der Waals surface area contributed by atoms with Gasteiger partial charge in [0.2, 0.25) is 0 Å². The molecule has 2 aliphatic rings. The molecule has 0 amide bonds. The van der Waals surface area contributed by atoms with E-state index < -0.39 is 11.7 Å². The highest BCUT2D eigenvalue weighted by Gasteiger charge is 2.38. The normalized spacial score (nSPS) is 20.9. The Morgan fingerprint density at radius 2 is 1.95 bits per heavy atom. The van der Waals surface area contributed by atoms with E-state index in [4.69, 9.17) is 4.99 Å². The summed E-state index contributed by atoms with van der Waals surface area (Å²) in [5.74, 6) is 0.938. The predicted octanol–water partition coefficient (Wildman–Crippen LogP) is 4.84. The second-order valence-electron chi connectivity index (χ2n) is 5.79. The van der Waals surface area contributed by atoms with Crippen LogP contribution in [0.1, 0.15) is 36.8 Å². The number of thioether (sulfide) groups is 1. The molecular weight excluding hydrogens is 297 g/mol. The number of benzene rings is 1. The molecule has 2 nitrogen and oxygen atoms in total. The first-order valence-electron chi connectivity index (χ1n) is 7.06. The number of aliphatic imine (C=N–C) groups is 1. The van der Waals surface area contributed by atoms with Crippen molar-refractivity contribution in [3.05, 3.63) is 29.3 Å². The van der Waals surface area contributed by atoms with Crippen molar-refractivity contribution in [3.63, 3.8) is 0 Å². The number of halogens is 3. The van der Waals surface area contributed by atoms with Gasteiger partial charge < -0.3 is 5.32 Å². The van der Waals surface area contributed by atoms with Crippen molar-refractivity contribution >= 4 is 22.6 Å². The van der Waals surface area contributed by atoms with Crippen LogP contribution in [0.5, 0.6) is 0 Å². The summed E-state index contributed by atoms with van der Waals surface area (Å²) in [7, 11) is 0. The van der Waals surface area contributed by atoms with Gasteiger partial charge >= 0.3 is 6.18 Å². The first-order valence-corrected chi connectivity index (χ1v) is 8.04. The van der Waals surface area contributed by atoms with Crippen LogP contribution in [-0.4, -0.2) is 16.5 Å². The van der Waals surface area contributed by atoms with E-state index in [2.05, 4.69) is 5.32 Å². The van der Waals surface area contributed by atoms with Crippen molar-refractivity contribution in [2.75, 3.05) is 11.1 Å². The molecule has 3 rings (SSSR count). The molecule has 114 valence electrons. The lowest BCUT2D eigenvalue weighted by Gasteiger charge is -2.16. The van der Waals surface area contributed by atoms with Gasteiger partial charge in [0.15, 0.2) is 5.17 Å². The Labute approximate surface area is 126 Å². The molecule has 1 spiro atoms. The Morgan fingerprint density at radius 3 is 2.62 bits per heavy atom. The monoisotopic (exact) mass is 314 g/mol. The average molecular weight is 314 g/mol. The van der Waals surface area contributed by atoms with Crippen molar-refractivity contribution in [1.82, 2.24) is 0 Å². The lowest BCUT2D eigenvalue weighted by molar-refractivity contribution is -0.137. The molecule has 0 unspecified atom stereocenters. The van der Waals surface area contributed by atoms with E-state index in [1.165, 1.54) is 18.9 Å². The molecule has 21 heavy (non-hydrogen) atoms. The minimum Gasteiger partial charge on any atom is -0.335 e. The number of nitrogens with zero attached hydrogens (tertiary/aromatic N) is 1. The van der Waals surface area contributed by atoms with E-state index in [-0.39, 0.29) is 5.54 Å². The van der Waals surface area contributed by atoms with Gasteiger partial charge in [-0.1, -0.05) is 30.7 Å². The van der Waals surface area contributed by atoms with Crippen LogP contribution in [-0.2, 0) is 6.18 Å². The molecule has 1 heterocycles. The summed E-state index contributed by atoms with van der Waals surface area (Å²) < 4.78 is 38.4. The molecular formula is C15H17F3N2S. The first-order chi connectivity index (χ1) is 9.88. The molecule has 0 aromatic heterocycles. The zero-order valence-corrected chi connectivity index (χ0v) is 12.6. The van der Waals surface area contributed by atoms with Crippen molar-refractivity contribution in [2.45, 2.75) is 44.3 Å². The van der Waals surface area contributed by atoms with Gasteiger partial charge in [0.25, 0.3) is 0 Å². The van der Waals surface area contributed by atoms with E-state index in [1.54, 1.807) is 18.7 Å². The number of amidine groups is 1. The Kier molecular flexibility index (Phi) is 3.67. The predicted molar refractivity (Wildman–Crippen MR) is 80.9 cm³/mol. The van der Waals surface area contributed by atoms with Crippen LogP contribution in [0.4, 0.5) is 18.9 Å². The van der Waals surface area contributed by atoms with Crippen LogP contribution in [0.2, 0.25) is 0 Å². The molecule has 0 bridgehead atoms. The van der Waals surface area contributed by atoms with Crippen LogP contribution in [0.25, 0.3) is 0 Å². The Morgan fingerprint density at radius 1 is 1.24 bits per heavy atom. The second kappa shape index (κ2) is 5.23. The van der Waals surface area contributed by atoms with Gasteiger partial charge in [-0.3, -0.25) is 4.99 Å². The SMILES string of the molecule is Cc1ccc(C(F)(F)F)cc1NC1=NC2(CCCC2)CS1. The third kappa shape index (κ3) is 3.05. The number of nitrogens with one attached hydrogen (secondary N) is 1. The third-order valence-electron chi connectivity index (χ3n) is 4.16. The fraction of sp³-hybridized carbons (Fsp3) is 0.533. The number of aryl methyl sites for hydroxylation is 1. The fourth-order valence-electron chi connectivity index (χ4n) is 2.88. The summed E-state index contributed by atoms with van der Waals surface area (Å²) >= 11 is 1.61. The summed E-state index contributed by atoms with van der Waals surface area (Å²) in [6, 6.07) is 3.78. The van der Waals surface area contributed by atoms with Crippen molar-refractivity contribution in [3.8, 4) is 0 Å². The highest BCUT2D eigenvalue weighted by Crippen LogP contribution is 2.41. The number of hydrogen-bond acceptors (Lipinski definition) is 3. The lowest BCUT2D eigenvalue weighted by Crippen LogP contribution is -2.21. The Hall–Kier alpha value is -1.17. The molecule has 1 aliphatic carbocycles. The maximum Gasteiger partial charge on any atom is 0.416 e. The molecule has 1 aromatic rings. The van der Waals surface area contributed by atoms with E-state index in [1.807, 2.05) is 0 Å². The molecule has 1 aromatic carbocycles. The number of alkyl halides is 3. The van der Waals surface area contributed by atoms with Gasteiger partial charge in [0.05, 0.1) is 11.1 Å². The average Bonchev–Trinajstić information content (AvgIpc) is 3.02. The molecule has 1 saturated carbocycles. The second-order valence-corrected chi connectivity index (χ2v) is 6.75. The highest BCUT2D eigenvalue weighted by molar-refractivity contribution is 8.14. The summed E-state index contributed by atoms with van der Waals surface area (Å²) in [5.41, 5.74) is 0.683. The maximum absolute atomic E-state index is 12.8. The Balaban J connectivity index is 1.82. The summed E-state index contributed by atoms with van der Waals surface area (Å²) in [6.45, 7) is 1.80. The van der Waals surface area contributed by atoms with Gasteiger partial charge in [0, 0.05) is 11.4 Å². The lowest BCUT2D eigenvalue weighted by atomic mass is 10.0. The standard InChI is InChI=1S/C15H17F3N2S/c1-10-4-5-11(15(16,17)18)8-12(10)19-13-20-14(9-21-13)6-2-3-7-14/h4-5,8H,2-3,6-7,9H2,1H3,(H,19,20). The zero-order chi connectivity index (χ0) is 15.1. The topological polar surface area (TPSA) is 24.4 Å². The smallest absolute Gasteiger partial charge is 0.335 e. The van der Waals surface area contributed by atoms with E-state index in [9.17, 15) is 13.2 Å². The van der Waals surface area contributed by atoms with Crippen LogP contribution in [0.15, 0.2) is 23.2 Å². The minimum atomic E-state index is -4.32. The number of rotatable bonds is 1. The molecule has 6 heteroatoms. The van der Waals surface area contributed by atoms with Gasteiger partial charge in [0.1, 0.15) is 0 Å². The van der Waals surface area contributed by atoms with E-state index in [0.717, 1.165) is 41.5 Å². The van der Waals surface area contributed by atoms with Crippen molar-refractivity contribution in [2.24, 2.45) is 4.99 Å². The van der Waals surface area contributed by atoms with Crippen LogP contribution < -0.4 is 5.32 Å². The van der Waals surface area contributed by atoms with Crippen molar-refractivity contribution < 1.29 is 13.2 Å². The summed E-state index contributed by atoms with van der Waals surface area (Å²) in [6.07, 6.45) is 0.251. The minimum absolute atomic E-state index is 0.0303. The fourth-order valence-corrected chi connectivity index (χ4v) is 4.08. The van der Waals surface area contributed by atoms with E-state index in [0.29, 0.717) is 5.69 Å². The number of anilines is 1. The molecule has 1 fully saturated rings. The Bertz CT molecular complexity index is 575. The zero-order valence-electron chi connectivity index (χ0n) is 11.8. The molecule has 0 atom stereocenters. The molecule has 1 N–H and O–H groups in total. The summed E-state index contributed by atoms with van der Waals surface area (Å²) in [4.78, 5) is 4.73. The van der Waals surface area contributed by atoms with Gasteiger partial charge in [-0.25, -0.2) is 0 Å². The third-order valence-corrected chi connectivity index (χ3v) is 5.31. The van der Waals surface area contributed by atoms with Gasteiger partial charge in [-0.2, -0.15) is 13.2 Å². The van der Waals surface area contributed by atoms with Gasteiger partial charge in [-0.15, -0.1) is 0 Å². The molecule has 0 radical (unpaired) electrons. The van der Waals surface area contributed by atoms with Crippen LogP contribution in [0, 0.1) is 6.92 Å². The van der Waals surface area contributed by atoms with Crippen LogP contribution in [0.3, 0.4) is 0 Å². The van der Waals surface area contributed by atoms with Gasteiger partial charge in [-0.05, 0) is 37.5 Å². The molecule has 0 saturated heterocycles. The van der Waals surface area contributed by atoms with E-state index >= 15 is 0 Å². The van der Waals surface area contributed by atoms with Crippen LogP contribution >= 0.6 is 11.8 Å². The van der Waals surface area contributed by atoms with Crippen molar-refractivity contribution in [1.29, 1.82) is 0 Å². The summed E-state index contributed by atoms with van der Waals surface area (Å²) in [5, 5.41) is 3.84. The highest BCUT2D eigenvalue weighted by atomic mass is 32.2. The first kappa shape index (κ1) is 14.8. The number of hydrogen-bond donors (Lipinski definition) is 1. The maximum atomic E-state index is 12.8.